The third kappa shape index (κ3) is 5.75. The Hall–Kier alpha value is -4.42. The van der Waals surface area contributed by atoms with E-state index >= 15 is 0 Å². The van der Waals surface area contributed by atoms with Gasteiger partial charge in [0, 0.05) is 23.8 Å². The van der Waals surface area contributed by atoms with Crippen LogP contribution in [0.5, 0.6) is 0 Å². The molecule has 2 aromatic carbocycles. The number of nitro benzene ring substituents is 1. The summed E-state index contributed by atoms with van der Waals surface area (Å²) in [5.74, 6) is -2.21. The van der Waals surface area contributed by atoms with Gasteiger partial charge in [-0.1, -0.05) is 35.5 Å². The zero-order valence-electron chi connectivity index (χ0n) is 18.1. The summed E-state index contributed by atoms with van der Waals surface area (Å²) in [7, 11) is 0.739. The minimum Gasteiger partial charge on any atom is -0.467 e. The maximum Gasteiger partial charge on any atom is 0.423 e. The van der Waals surface area contributed by atoms with Crippen molar-refractivity contribution >= 4 is 17.7 Å². The van der Waals surface area contributed by atoms with Gasteiger partial charge < -0.3 is 14.0 Å². The van der Waals surface area contributed by atoms with Crippen molar-refractivity contribution in [2.24, 2.45) is 0 Å². The lowest BCUT2D eigenvalue weighted by Crippen LogP contribution is -2.65. The Kier molecular flexibility index (Phi) is 7.37. The molecule has 1 aromatic heterocycles. The molecule has 10 nitrogen and oxygen atoms in total. The zero-order chi connectivity index (χ0) is 25.6. The number of nitrogens with one attached hydrogen (secondary N) is 1. The Labute approximate surface area is 195 Å². The number of hydrogen-bond donors (Lipinski definition) is 1. The number of esters is 1. The Bertz CT molecular complexity index is 1200. The predicted molar refractivity (Wildman–Crippen MR) is 113 cm³/mol. The lowest BCUT2D eigenvalue weighted by atomic mass is 9.92. The average Bonchev–Trinajstić information content (AvgIpc) is 3.30. The Morgan fingerprint density at radius 3 is 2.34 bits per heavy atom. The number of carbonyl (C=O) groups excluding carboxylic acids is 2. The number of halogens is 3. The fraction of sp³-hybridized carbons (Fsp3) is 0.227. The number of ether oxygens (including phenoxy) is 2. The SMILES string of the molecule is COC(=O)C(Cc1cc(-c2ccc([N+](=O)[O-])cc2)no1)(NC(=O)OCc1ccccc1)C(F)(F)F. The highest BCUT2D eigenvalue weighted by Gasteiger charge is 2.63. The molecule has 0 radical (unpaired) electrons. The molecule has 35 heavy (non-hydrogen) atoms. The summed E-state index contributed by atoms with van der Waals surface area (Å²) in [6, 6.07) is 14.3. The molecular formula is C22H18F3N3O7. The molecule has 1 unspecified atom stereocenters. The van der Waals surface area contributed by atoms with Crippen LogP contribution in [0.25, 0.3) is 11.3 Å². The first-order chi connectivity index (χ1) is 16.6. The van der Waals surface area contributed by atoms with Gasteiger partial charge in [0.2, 0.25) is 5.54 Å². The summed E-state index contributed by atoms with van der Waals surface area (Å²) in [6.45, 7) is -0.339. The fourth-order valence-electron chi connectivity index (χ4n) is 3.11. The maximum atomic E-state index is 14.2. The van der Waals surface area contributed by atoms with Crippen LogP contribution in [0, 0.1) is 10.1 Å². The number of nitrogens with zero attached hydrogens (tertiary/aromatic N) is 2. The summed E-state index contributed by atoms with van der Waals surface area (Å²) in [4.78, 5) is 34.8. The van der Waals surface area contributed by atoms with E-state index in [2.05, 4.69) is 9.89 Å². The summed E-state index contributed by atoms with van der Waals surface area (Å²) in [5.41, 5.74) is -2.85. The fourth-order valence-corrected chi connectivity index (χ4v) is 3.11. The lowest BCUT2D eigenvalue weighted by Gasteiger charge is -2.32. The van der Waals surface area contributed by atoms with E-state index in [1.807, 2.05) is 0 Å². The Morgan fingerprint density at radius 2 is 1.77 bits per heavy atom. The van der Waals surface area contributed by atoms with Crippen LogP contribution in [0.1, 0.15) is 11.3 Å². The molecule has 13 heteroatoms. The number of methoxy groups -OCH3 is 1. The third-order valence-electron chi connectivity index (χ3n) is 4.92. The second-order valence-corrected chi connectivity index (χ2v) is 7.24. The van der Waals surface area contributed by atoms with Gasteiger partial charge in [-0.25, -0.2) is 9.59 Å². The predicted octanol–water partition coefficient (Wildman–Crippen LogP) is 4.19. The van der Waals surface area contributed by atoms with Gasteiger partial charge in [0.05, 0.1) is 18.5 Å². The van der Waals surface area contributed by atoms with E-state index in [1.54, 1.807) is 35.6 Å². The van der Waals surface area contributed by atoms with Crippen molar-refractivity contribution in [3.8, 4) is 11.3 Å². The van der Waals surface area contributed by atoms with Gasteiger partial charge in [0.25, 0.3) is 5.69 Å². The molecule has 3 rings (SSSR count). The molecule has 0 saturated heterocycles. The van der Waals surface area contributed by atoms with Crippen molar-refractivity contribution < 1.29 is 41.7 Å². The lowest BCUT2D eigenvalue weighted by molar-refractivity contribution is -0.384. The number of alkyl carbamates (subject to hydrolysis) is 1. The average molecular weight is 493 g/mol. The first kappa shape index (κ1) is 25.2. The molecule has 0 saturated carbocycles. The van der Waals surface area contributed by atoms with E-state index < -0.39 is 40.9 Å². The molecule has 0 aliphatic heterocycles. The van der Waals surface area contributed by atoms with Crippen LogP contribution < -0.4 is 5.32 Å². The monoisotopic (exact) mass is 493 g/mol. The van der Waals surface area contributed by atoms with Crippen molar-refractivity contribution in [2.75, 3.05) is 7.11 Å². The molecule has 0 aliphatic carbocycles. The number of amides is 1. The molecule has 3 aromatic rings. The van der Waals surface area contributed by atoms with Crippen molar-refractivity contribution in [3.63, 3.8) is 0 Å². The molecule has 1 N–H and O–H groups in total. The summed E-state index contributed by atoms with van der Waals surface area (Å²) >= 11 is 0. The molecule has 0 aliphatic rings. The maximum absolute atomic E-state index is 14.2. The highest BCUT2D eigenvalue weighted by atomic mass is 19.4. The smallest absolute Gasteiger partial charge is 0.423 e. The van der Waals surface area contributed by atoms with E-state index in [0.717, 1.165) is 13.2 Å². The minimum absolute atomic E-state index is 0.0579. The number of hydrogen-bond acceptors (Lipinski definition) is 8. The van der Waals surface area contributed by atoms with Gasteiger partial charge in [-0.05, 0) is 17.7 Å². The molecule has 184 valence electrons. The number of carbonyl (C=O) groups is 2. The molecule has 1 amide bonds. The van der Waals surface area contributed by atoms with Crippen molar-refractivity contribution in [2.45, 2.75) is 24.7 Å². The van der Waals surface area contributed by atoms with Crippen LogP contribution in [0.2, 0.25) is 0 Å². The van der Waals surface area contributed by atoms with Crippen LogP contribution in [-0.2, 0) is 27.3 Å². The largest absolute Gasteiger partial charge is 0.467 e. The van der Waals surface area contributed by atoms with Crippen molar-refractivity contribution in [1.29, 1.82) is 0 Å². The first-order valence-corrected chi connectivity index (χ1v) is 9.90. The van der Waals surface area contributed by atoms with Crippen LogP contribution in [0.4, 0.5) is 23.7 Å². The van der Waals surface area contributed by atoms with Crippen LogP contribution >= 0.6 is 0 Å². The number of benzene rings is 2. The van der Waals surface area contributed by atoms with E-state index in [9.17, 15) is 32.9 Å². The second-order valence-electron chi connectivity index (χ2n) is 7.24. The standard InChI is InChI=1S/C22H18F3N3O7/c1-33-19(29)21(22(23,24)25,26-20(30)34-13-14-5-3-2-4-6-14)12-17-11-18(27-35-17)15-7-9-16(10-8-15)28(31)32/h2-11H,12-13H2,1H3,(H,26,30). The molecule has 0 spiro atoms. The van der Waals surface area contributed by atoms with Crippen molar-refractivity contribution in [3.05, 3.63) is 82.1 Å². The highest BCUT2D eigenvalue weighted by Crippen LogP contribution is 2.36. The quantitative estimate of drug-likeness (QED) is 0.280. The van der Waals surface area contributed by atoms with Gasteiger partial charge in [0.1, 0.15) is 18.1 Å². The number of nitro groups is 1. The van der Waals surface area contributed by atoms with Crippen LogP contribution in [0.15, 0.2) is 65.2 Å². The molecule has 0 fully saturated rings. The molecule has 0 bridgehead atoms. The van der Waals surface area contributed by atoms with E-state index in [-0.39, 0.29) is 18.0 Å². The second kappa shape index (κ2) is 10.2. The van der Waals surface area contributed by atoms with E-state index in [4.69, 9.17) is 9.26 Å². The minimum atomic E-state index is -5.31. The summed E-state index contributed by atoms with van der Waals surface area (Å²) in [5, 5.41) is 16.0. The topological polar surface area (TPSA) is 134 Å². The molecule has 1 heterocycles. The van der Waals surface area contributed by atoms with Gasteiger partial charge in [-0.3, -0.25) is 15.4 Å². The van der Waals surface area contributed by atoms with Gasteiger partial charge in [0.15, 0.2) is 0 Å². The van der Waals surface area contributed by atoms with E-state index in [0.29, 0.717) is 11.1 Å². The first-order valence-electron chi connectivity index (χ1n) is 9.90. The van der Waals surface area contributed by atoms with Crippen LogP contribution in [0.3, 0.4) is 0 Å². The molecule has 1 atom stereocenters. The van der Waals surface area contributed by atoms with Gasteiger partial charge >= 0.3 is 18.2 Å². The van der Waals surface area contributed by atoms with Crippen LogP contribution in [-0.4, -0.2) is 41.0 Å². The highest BCUT2D eigenvalue weighted by molar-refractivity contribution is 5.87. The Morgan fingerprint density at radius 1 is 1.11 bits per heavy atom. The third-order valence-corrected chi connectivity index (χ3v) is 4.92. The summed E-state index contributed by atoms with van der Waals surface area (Å²) in [6.07, 6.45) is -8.01. The number of alkyl halides is 3. The van der Waals surface area contributed by atoms with Crippen molar-refractivity contribution in [1.82, 2.24) is 10.5 Å². The normalized spacial score (nSPS) is 12.9. The summed E-state index contributed by atoms with van der Waals surface area (Å²) < 4.78 is 56.7. The van der Waals surface area contributed by atoms with Gasteiger partial charge in [-0.2, -0.15) is 13.2 Å². The number of aromatic nitrogens is 1. The number of rotatable bonds is 8. The Balaban J connectivity index is 1.85. The van der Waals surface area contributed by atoms with Gasteiger partial charge in [-0.15, -0.1) is 0 Å². The van der Waals surface area contributed by atoms with E-state index in [1.165, 1.54) is 24.3 Å². The molecular weight excluding hydrogens is 475 g/mol. The zero-order valence-corrected chi connectivity index (χ0v) is 18.1. The number of non-ortho nitro benzene ring substituents is 1.